The number of hydrogen-bond donors (Lipinski definition) is 0. The molecule has 0 aliphatic heterocycles. The van der Waals surface area contributed by atoms with Crippen molar-refractivity contribution in [2.75, 3.05) is 0 Å². The van der Waals surface area contributed by atoms with Crippen molar-refractivity contribution < 1.29 is 4.79 Å². The SMILES string of the molecule is CC(C)C1=C(C(=O)c2ccccc2)[C@H]2CC[C@]1(C)C2(C)C. The molecule has 0 unspecified atom stereocenters. The highest BCUT2D eigenvalue weighted by atomic mass is 16.1. The molecule has 0 N–H and O–H groups in total. The molecule has 2 atom stereocenters. The molecule has 0 heterocycles. The van der Waals surface area contributed by atoms with Gasteiger partial charge in [-0.3, -0.25) is 4.79 Å². The number of carbonyl (C=O) groups is 1. The number of rotatable bonds is 3. The summed E-state index contributed by atoms with van der Waals surface area (Å²) in [5.41, 5.74) is 3.79. The molecule has 2 aliphatic carbocycles. The van der Waals surface area contributed by atoms with Gasteiger partial charge < -0.3 is 0 Å². The molecule has 1 fully saturated rings. The molecule has 1 heteroatoms. The van der Waals surface area contributed by atoms with Crippen LogP contribution in [0.1, 0.15) is 57.8 Å². The maximum absolute atomic E-state index is 13.1. The topological polar surface area (TPSA) is 17.1 Å². The number of Topliss-reactive ketones (excluding diaryl/α,β-unsaturated/α-hetero) is 1. The van der Waals surface area contributed by atoms with Gasteiger partial charge in [0, 0.05) is 11.1 Å². The van der Waals surface area contributed by atoms with E-state index in [0.29, 0.717) is 11.8 Å². The molecule has 1 aromatic carbocycles. The van der Waals surface area contributed by atoms with Crippen LogP contribution >= 0.6 is 0 Å². The first-order chi connectivity index (χ1) is 9.80. The van der Waals surface area contributed by atoms with E-state index in [1.54, 1.807) is 0 Å². The fourth-order valence-electron chi connectivity index (χ4n) is 4.95. The summed E-state index contributed by atoms with van der Waals surface area (Å²) in [6, 6.07) is 9.80. The Hall–Kier alpha value is -1.37. The Morgan fingerprint density at radius 1 is 1.14 bits per heavy atom. The van der Waals surface area contributed by atoms with Crippen molar-refractivity contribution >= 4 is 5.78 Å². The molecule has 0 amide bonds. The Labute approximate surface area is 128 Å². The molecule has 0 aromatic heterocycles. The van der Waals surface area contributed by atoms with E-state index in [2.05, 4.69) is 34.6 Å². The molecule has 3 rings (SSSR count). The zero-order chi connectivity index (χ0) is 15.4. The van der Waals surface area contributed by atoms with Crippen LogP contribution in [0, 0.1) is 22.7 Å². The minimum Gasteiger partial charge on any atom is -0.289 e. The van der Waals surface area contributed by atoms with Crippen LogP contribution in [0.2, 0.25) is 0 Å². The fourth-order valence-corrected chi connectivity index (χ4v) is 4.95. The molecule has 1 aromatic rings. The molecule has 0 radical (unpaired) electrons. The Morgan fingerprint density at radius 3 is 2.33 bits per heavy atom. The van der Waals surface area contributed by atoms with Crippen molar-refractivity contribution in [2.24, 2.45) is 22.7 Å². The summed E-state index contributed by atoms with van der Waals surface area (Å²) in [7, 11) is 0. The fraction of sp³-hybridized carbons (Fsp3) is 0.550. The highest BCUT2D eigenvalue weighted by Crippen LogP contribution is 2.69. The molecule has 112 valence electrons. The predicted octanol–water partition coefficient (Wildman–Crippen LogP) is 5.28. The standard InChI is InChI=1S/C20H26O/c1-13(2)17-16(18(21)14-9-7-6-8-10-14)15-11-12-20(17,5)19(15,3)4/h6-10,13,15H,11-12H2,1-5H3/t15-,20+/m1/s1. The Kier molecular flexibility index (Phi) is 3.16. The van der Waals surface area contributed by atoms with Gasteiger partial charge >= 0.3 is 0 Å². The van der Waals surface area contributed by atoms with Gasteiger partial charge in [-0.05, 0) is 35.5 Å². The molecule has 2 bridgehead atoms. The molecule has 2 aliphatic rings. The quantitative estimate of drug-likeness (QED) is 0.689. The summed E-state index contributed by atoms with van der Waals surface area (Å²) in [6.45, 7) is 11.6. The summed E-state index contributed by atoms with van der Waals surface area (Å²) in [5, 5.41) is 0. The average Bonchev–Trinajstić information content (AvgIpc) is 2.78. The molecule has 1 nitrogen and oxygen atoms in total. The average molecular weight is 282 g/mol. The number of carbonyl (C=O) groups excluding carboxylic acids is 1. The number of benzene rings is 1. The highest BCUT2D eigenvalue weighted by molar-refractivity contribution is 6.10. The maximum Gasteiger partial charge on any atom is 0.189 e. The molecule has 21 heavy (non-hydrogen) atoms. The minimum atomic E-state index is 0.186. The first kappa shape index (κ1) is 14.6. The number of allylic oxidation sites excluding steroid dienone is 2. The van der Waals surface area contributed by atoms with E-state index in [4.69, 9.17) is 0 Å². The lowest BCUT2D eigenvalue weighted by Crippen LogP contribution is -2.31. The van der Waals surface area contributed by atoms with Crippen LogP contribution in [-0.4, -0.2) is 5.78 Å². The van der Waals surface area contributed by atoms with Crippen LogP contribution in [0.5, 0.6) is 0 Å². The zero-order valence-corrected chi connectivity index (χ0v) is 13.9. The first-order valence-corrected chi connectivity index (χ1v) is 8.15. The van der Waals surface area contributed by atoms with E-state index >= 15 is 0 Å². The van der Waals surface area contributed by atoms with Gasteiger partial charge in [-0.15, -0.1) is 0 Å². The van der Waals surface area contributed by atoms with Crippen molar-refractivity contribution in [3.05, 3.63) is 47.0 Å². The highest BCUT2D eigenvalue weighted by Gasteiger charge is 2.61. The largest absolute Gasteiger partial charge is 0.289 e. The van der Waals surface area contributed by atoms with E-state index in [0.717, 1.165) is 17.6 Å². The van der Waals surface area contributed by atoms with E-state index < -0.39 is 0 Å². The summed E-state index contributed by atoms with van der Waals surface area (Å²) in [6.07, 6.45) is 2.39. The zero-order valence-electron chi connectivity index (χ0n) is 13.9. The lowest BCUT2D eigenvalue weighted by molar-refractivity contribution is 0.101. The Bertz CT molecular complexity index is 606. The monoisotopic (exact) mass is 282 g/mol. The van der Waals surface area contributed by atoms with Gasteiger partial charge in [0.25, 0.3) is 0 Å². The Balaban J connectivity index is 2.16. The second-order valence-electron chi connectivity index (χ2n) is 7.82. The third kappa shape index (κ3) is 1.79. The van der Waals surface area contributed by atoms with Crippen LogP contribution < -0.4 is 0 Å². The number of hydrogen-bond acceptors (Lipinski definition) is 1. The van der Waals surface area contributed by atoms with E-state index in [9.17, 15) is 4.79 Å². The van der Waals surface area contributed by atoms with E-state index in [1.807, 2.05) is 30.3 Å². The van der Waals surface area contributed by atoms with Gasteiger partial charge in [-0.1, -0.05) is 70.5 Å². The van der Waals surface area contributed by atoms with Crippen molar-refractivity contribution in [1.29, 1.82) is 0 Å². The summed E-state index contributed by atoms with van der Waals surface area (Å²) in [5.74, 6) is 1.13. The van der Waals surface area contributed by atoms with Gasteiger partial charge in [0.05, 0.1) is 0 Å². The predicted molar refractivity (Wildman–Crippen MR) is 87.2 cm³/mol. The van der Waals surface area contributed by atoms with Crippen molar-refractivity contribution in [1.82, 2.24) is 0 Å². The number of fused-ring (bicyclic) bond motifs is 2. The van der Waals surface area contributed by atoms with Gasteiger partial charge in [0.2, 0.25) is 0 Å². The van der Waals surface area contributed by atoms with E-state index in [-0.39, 0.29) is 16.6 Å². The third-order valence-electron chi connectivity index (χ3n) is 6.32. The van der Waals surface area contributed by atoms with Crippen molar-refractivity contribution in [3.8, 4) is 0 Å². The Morgan fingerprint density at radius 2 is 1.76 bits per heavy atom. The van der Waals surface area contributed by atoms with Gasteiger partial charge in [0.15, 0.2) is 5.78 Å². The summed E-state index contributed by atoms with van der Waals surface area (Å²) in [4.78, 5) is 13.1. The van der Waals surface area contributed by atoms with Gasteiger partial charge in [0.1, 0.15) is 0 Å². The lowest BCUT2D eigenvalue weighted by atomic mass is 9.65. The molecular formula is C20H26O. The van der Waals surface area contributed by atoms with E-state index in [1.165, 1.54) is 12.0 Å². The smallest absolute Gasteiger partial charge is 0.189 e. The van der Waals surface area contributed by atoms with Crippen LogP contribution in [0.3, 0.4) is 0 Å². The second kappa shape index (κ2) is 4.56. The van der Waals surface area contributed by atoms with Gasteiger partial charge in [-0.25, -0.2) is 0 Å². The third-order valence-corrected chi connectivity index (χ3v) is 6.32. The maximum atomic E-state index is 13.1. The lowest BCUT2D eigenvalue weighted by Gasteiger charge is -2.38. The molecule has 0 saturated heterocycles. The summed E-state index contributed by atoms with van der Waals surface area (Å²) >= 11 is 0. The molecule has 0 spiro atoms. The normalized spacial score (nSPS) is 30.3. The minimum absolute atomic E-state index is 0.186. The summed E-state index contributed by atoms with van der Waals surface area (Å²) < 4.78 is 0. The number of ketones is 1. The van der Waals surface area contributed by atoms with Crippen molar-refractivity contribution in [2.45, 2.75) is 47.5 Å². The first-order valence-electron chi connectivity index (χ1n) is 8.15. The van der Waals surface area contributed by atoms with Crippen LogP contribution in [-0.2, 0) is 0 Å². The molecule has 1 saturated carbocycles. The van der Waals surface area contributed by atoms with Crippen molar-refractivity contribution in [3.63, 3.8) is 0 Å². The molecular weight excluding hydrogens is 256 g/mol. The van der Waals surface area contributed by atoms with Gasteiger partial charge in [-0.2, -0.15) is 0 Å². The van der Waals surface area contributed by atoms with Crippen LogP contribution in [0.4, 0.5) is 0 Å². The van der Waals surface area contributed by atoms with Crippen LogP contribution in [0.15, 0.2) is 41.5 Å². The second-order valence-corrected chi connectivity index (χ2v) is 7.82. The van der Waals surface area contributed by atoms with Crippen LogP contribution in [0.25, 0.3) is 0 Å².